The number of aromatic hydroxyl groups is 1. The van der Waals surface area contributed by atoms with Crippen molar-refractivity contribution < 1.29 is 32.2 Å². The Hall–Kier alpha value is -4.27. The summed E-state index contributed by atoms with van der Waals surface area (Å²) in [5, 5.41) is 10.3. The second-order valence-electron chi connectivity index (χ2n) is 8.66. The molecular formula is C27H20F3NO5. The molecule has 0 saturated heterocycles. The summed E-state index contributed by atoms with van der Waals surface area (Å²) in [5.74, 6) is -1.09. The van der Waals surface area contributed by atoms with Crippen LogP contribution in [0.5, 0.6) is 11.5 Å². The van der Waals surface area contributed by atoms with E-state index in [1.807, 2.05) is 13.8 Å². The quantitative estimate of drug-likeness (QED) is 0.383. The van der Waals surface area contributed by atoms with Gasteiger partial charge < -0.3 is 14.3 Å². The minimum Gasteiger partial charge on any atom is -0.504 e. The number of hydrogen-bond donors (Lipinski definition) is 1. The van der Waals surface area contributed by atoms with E-state index in [0.717, 1.165) is 28.2 Å². The average molecular weight is 495 g/mol. The van der Waals surface area contributed by atoms with Crippen LogP contribution in [0.4, 0.5) is 18.9 Å². The predicted octanol–water partition coefficient (Wildman–Crippen LogP) is 5.89. The molecule has 36 heavy (non-hydrogen) atoms. The average Bonchev–Trinajstić information content (AvgIpc) is 3.13. The third-order valence-corrected chi connectivity index (χ3v) is 6.46. The highest BCUT2D eigenvalue weighted by Gasteiger charge is 2.44. The van der Waals surface area contributed by atoms with E-state index in [9.17, 15) is 27.9 Å². The summed E-state index contributed by atoms with van der Waals surface area (Å²) in [6.45, 7) is 3.67. The Balaban J connectivity index is 1.82. The van der Waals surface area contributed by atoms with Crippen LogP contribution in [0, 0.1) is 13.8 Å². The summed E-state index contributed by atoms with van der Waals surface area (Å²) >= 11 is 0. The maximum absolute atomic E-state index is 13.7. The number of phenolic OH excluding ortho intramolecular Hbond substituents is 1. The van der Waals surface area contributed by atoms with Gasteiger partial charge in [-0.2, -0.15) is 13.2 Å². The number of fused-ring (bicyclic) bond motifs is 2. The van der Waals surface area contributed by atoms with Crippen LogP contribution in [0.15, 0.2) is 63.8 Å². The predicted molar refractivity (Wildman–Crippen MR) is 127 cm³/mol. The van der Waals surface area contributed by atoms with Crippen molar-refractivity contribution in [2.45, 2.75) is 26.1 Å². The van der Waals surface area contributed by atoms with Gasteiger partial charge in [-0.05, 0) is 73.0 Å². The number of ether oxygens (including phenoxy) is 1. The largest absolute Gasteiger partial charge is 0.504 e. The Bertz CT molecular complexity index is 1610. The summed E-state index contributed by atoms with van der Waals surface area (Å²) in [7, 11) is 1.34. The molecule has 5 rings (SSSR count). The maximum Gasteiger partial charge on any atom is 0.416 e. The summed E-state index contributed by atoms with van der Waals surface area (Å²) in [4.78, 5) is 28.5. The minimum atomic E-state index is -4.64. The lowest BCUT2D eigenvalue weighted by molar-refractivity contribution is -0.137. The Kier molecular flexibility index (Phi) is 5.31. The Labute approximate surface area is 203 Å². The molecule has 0 radical (unpaired) electrons. The molecule has 4 aromatic rings. The molecule has 0 bridgehead atoms. The van der Waals surface area contributed by atoms with Gasteiger partial charge in [-0.25, -0.2) is 0 Å². The van der Waals surface area contributed by atoms with Gasteiger partial charge >= 0.3 is 6.18 Å². The van der Waals surface area contributed by atoms with Crippen molar-refractivity contribution >= 4 is 22.6 Å². The van der Waals surface area contributed by atoms with E-state index in [-0.39, 0.29) is 39.5 Å². The number of benzene rings is 3. The van der Waals surface area contributed by atoms with Gasteiger partial charge in [0.2, 0.25) is 5.76 Å². The normalized spacial score (nSPS) is 15.4. The Morgan fingerprint density at radius 1 is 1.00 bits per heavy atom. The number of halogens is 3. The van der Waals surface area contributed by atoms with Gasteiger partial charge in [-0.3, -0.25) is 14.5 Å². The molecule has 2 heterocycles. The van der Waals surface area contributed by atoms with Crippen LogP contribution >= 0.6 is 0 Å². The molecule has 1 aromatic heterocycles. The molecule has 1 aliphatic rings. The number of nitrogens with zero attached hydrogens (tertiary/aromatic N) is 1. The summed E-state index contributed by atoms with van der Waals surface area (Å²) < 4.78 is 51.6. The molecule has 1 amide bonds. The van der Waals surface area contributed by atoms with E-state index in [4.69, 9.17) is 9.15 Å². The molecule has 3 aromatic carbocycles. The molecule has 0 fully saturated rings. The fourth-order valence-corrected chi connectivity index (χ4v) is 4.51. The number of carbonyl (C=O) groups is 1. The van der Waals surface area contributed by atoms with Gasteiger partial charge in [0.1, 0.15) is 5.58 Å². The first kappa shape index (κ1) is 23.5. The van der Waals surface area contributed by atoms with Crippen molar-refractivity contribution in [1.82, 2.24) is 0 Å². The highest BCUT2D eigenvalue weighted by atomic mass is 19.4. The van der Waals surface area contributed by atoms with Gasteiger partial charge in [0.05, 0.1) is 29.7 Å². The number of anilines is 1. The Morgan fingerprint density at radius 2 is 1.72 bits per heavy atom. The molecule has 1 atom stereocenters. The highest BCUT2D eigenvalue weighted by molar-refractivity contribution is 6.10. The number of rotatable bonds is 3. The molecule has 1 aliphatic heterocycles. The topological polar surface area (TPSA) is 80.0 Å². The van der Waals surface area contributed by atoms with Crippen LogP contribution in [0.2, 0.25) is 0 Å². The SMILES string of the molecule is COc1cc(C2c3c(oc4cc(C)c(C)cc4c3=O)C(=O)N2c2cccc(C(F)(F)F)c2)ccc1O. The summed E-state index contributed by atoms with van der Waals surface area (Å²) in [6, 6.07) is 10.8. The molecule has 0 saturated carbocycles. The minimum absolute atomic E-state index is 0.000840. The van der Waals surface area contributed by atoms with Gasteiger partial charge in [0, 0.05) is 5.69 Å². The van der Waals surface area contributed by atoms with Gasteiger partial charge in [0.15, 0.2) is 16.9 Å². The number of methoxy groups -OCH3 is 1. The van der Waals surface area contributed by atoms with Crippen molar-refractivity contribution in [2.24, 2.45) is 0 Å². The third-order valence-electron chi connectivity index (χ3n) is 6.46. The first-order chi connectivity index (χ1) is 17.0. The van der Waals surface area contributed by atoms with Gasteiger partial charge in [-0.1, -0.05) is 12.1 Å². The molecular weight excluding hydrogens is 475 g/mol. The van der Waals surface area contributed by atoms with Crippen LogP contribution in [0.25, 0.3) is 11.0 Å². The first-order valence-electron chi connectivity index (χ1n) is 11.0. The van der Waals surface area contributed by atoms with Crippen LogP contribution in [-0.2, 0) is 6.18 Å². The fourth-order valence-electron chi connectivity index (χ4n) is 4.51. The number of amides is 1. The first-order valence-corrected chi connectivity index (χ1v) is 11.0. The van der Waals surface area contributed by atoms with E-state index in [0.29, 0.717) is 5.56 Å². The van der Waals surface area contributed by atoms with Crippen molar-refractivity contribution in [1.29, 1.82) is 0 Å². The fraction of sp³-hybridized carbons (Fsp3) is 0.185. The van der Waals surface area contributed by atoms with Crippen LogP contribution in [-0.4, -0.2) is 18.1 Å². The lowest BCUT2D eigenvalue weighted by atomic mass is 9.96. The van der Waals surface area contributed by atoms with Crippen LogP contribution in [0.3, 0.4) is 0 Å². The zero-order valence-corrected chi connectivity index (χ0v) is 19.4. The highest BCUT2D eigenvalue weighted by Crippen LogP contribution is 2.44. The lowest BCUT2D eigenvalue weighted by Gasteiger charge is -2.26. The van der Waals surface area contributed by atoms with E-state index in [2.05, 4.69) is 0 Å². The standard InChI is InChI=1S/C27H20F3NO5/c1-13-9-18-20(10-14(13)2)36-25-22(24(18)33)23(15-7-8-19(32)21(11-15)35-3)31(26(25)34)17-6-4-5-16(12-17)27(28,29)30/h4-12,23,32H,1-3H3. The second kappa shape index (κ2) is 8.15. The number of carbonyl (C=O) groups excluding carboxylic acids is 1. The van der Waals surface area contributed by atoms with Gasteiger partial charge in [0.25, 0.3) is 5.91 Å². The molecule has 9 heteroatoms. The Morgan fingerprint density at radius 3 is 2.42 bits per heavy atom. The van der Waals surface area contributed by atoms with Crippen LogP contribution in [0.1, 0.15) is 44.4 Å². The number of hydrogen-bond acceptors (Lipinski definition) is 5. The second-order valence-corrected chi connectivity index (χ2v) is 8.66. The van der Waals surface area contributed by atoms with Crippen molar-refractivity contribution in [3.63, 3.8) is 0 Å². The number of aryl methyl sites for hydroxylation is 2. The van der Waals surface area contributed by atoms with E-state index in [1.54, 1.807) is 12.1 Å². The van der Waals surface area contributed by atoms with Crippen LogP contribution < -0.4 is 15.1 Å². The van der Waals surface area contributed by atoms with Crippen molar-refractivity contribution in [2.75, 3.05) is 12.0 Å². The molecule has 6 nitrogen and oxygen atoms in total. The van der Waals surface area contributed by atoms with Crippen molar-refractivity contribution in [3.05, 3.63) is 98.4 Å². The zero-order valence-electron chi connectivity index (χ0n) is 19.4. The van der Waals surface area contributed by atoms with E-state index >= 15 is 0 Å². The zero-order chi connectivity index (χ0) is 25.9. The van der Waals surface area contributed by atoms with Gasteiger partial charge in [-0.15, -0.1) is 0 Å². The number of phenols is 1. The summed E-state index contributed by atoms with van der Waals surface area (Å²) in [5.41, 5.74) is 0.792. The molecule has 1 unspecified atom stereocenters. The maximum atomic E-state index is 13.7. The van der Waals surface area contributed by atoms with E-state index < -0.39 is 29.1 Å². The van der Waals surface area contributed by atoms with E-state index in [1.165, 1.54) is 37.4 Å². The molecule has 184 valence electrons. The number of alkyl halides is 3. The third kappa shape index (κ3) is 3.59. The molecule has 1 N–H and O–H groups in total. The molecule has 0 aliphatic carbocycles. The monoisotopic (exact) mass is 495 g/mol. The smallest absolute Gasteiger partial charge is 0.416 e. The van der Waals surface area contributed by atoms with Crippen molar-refractivity contribution in [3.8, 4) is 11.5 Å². The summed E-state index contributed by atoms with van der Waals surface area (Å²) in [6.07, 6.45) is -4.64. The lowest BCUT2D eigenvalue weighted by Crippen LogP contribution is -2.29. The molecule has 0 spiro atoms.